The summed E-state index contributed by atoms with van der Waals surface area (Å²) in [4.78, 5) is 17.0. The third kappa shape index (κ3) is 2.86. The minimum atomic E-state index is -3.85. The first kappa shape index (κ1) is 16.3. The molecule has 2 aliphatic heterocycles. The molecule has 0 aromatic carbocycles. The van der Waals surface area contributed by atoms with Crippen molar-refractivity contribution in [2.45, 2.75) is 23.9 Å². The molecule has 23 heavy (non-hydrogen) atoms. The van der Waals surface area contributed by atoms with E-state index in [-0.39, 0.29) is 35.4 Å². The Morgan fingerprint density at radius 3 is 2.57 bits per heavy atom. The monoisotopic (exact) mass is 359 g/mol. The third-order valence-corrected chi connectivity index (χ3v) is 7.88. The molecular weight excluding hydrogens is 342 g/mol. The predicted octanol–water partition coefficient (Wildman–Crippen LogP) is -0.900. The van der Waals surface area contributed by atoms with Crippen LogP contribution in [0.5, 0.6) is 0 Å². The zero-order valence-electron chi connectivity index (χ0n) is 12.5. The van der Waals surface area contributed by atoms with Gasteiger partial charge in [-0.15, -0.1) is 0 Å². The van der Waals surface area contributed by atoms with Crippen LogP contribution in [0.2, 0.25) is 0 Å². The Balaban J connectivity index is 2.00. The van der Waals surface area contributed by atoms with Gasteiger partial charge in [-0.25, -0.2) is 16.8 Å². The minimum Gasteiger partial charge on any atom is -0.336 e. The summed E-state index contributed by atoms with van der Waals surface area (Å²) in [5, 5.41) is 0. The molecule has 2 saturated heterocycles. The number of piperazine rings is 1. The van der Waals surface area contributed by atoms with Gasteiger partial charge in [-0.05, 0) is 12.1 Å². The summed E-state index contributed by atoms with van der Waals surface area (Å²) in [6, 6.07) is 1.57. The normalized spacial score (nSPS) is 27.6. The molecule has 0 spiro atoms. The van der Waals surface area contributed by atoms with E-state index in [1.807, 2.05) is 0 Å². The van der Waals surface area contributed by atoms with Crippen molar-refractivity contribution in [2.75, 3.05) is 24.6 Å². The lowest BCUT2D eigenvalue weighted by Gasteiger charge is -2.42. The second kappa shape index (κ2) is 5.53. The average molecular weight is 359 g/mol. The van der Waals surface area contributed by atoms with Crippen molar-refractivity contribution in [2.24, 2.45) is 0 Å². The Labute approximate surface area is 135 Å². The van der Waals surface area contributed by atoms with Crippen LogP contribution >= 0.6 is 0 Å². The van der Waals surface area contributed by atoms with Gasteiger partial charge in [-0.2, -0.15) is 4.31 Å². The fourth-order valence-corrected chi connectivity index (χ4v) is 6.93. The van der Waals surface area contributed by atoms with E-state index in [1.54, 1.807) is 0 Å². The molecule has 2 fully saturated rings. The number of pyridine rings is 1. The number of carbonyl (C=O) groups is 1. The summed E-state index contributed by atoms with van der Waals surface area (Å²) >= 11 is 0. The first-order valence-electron chi connectivity index (χ1n) is 7.12. The molecular formula is C13H17N3O5S2. The van der Waals surface area contributed by atoms with E-state index in [9.17, 15) is 21.6 Å². The van der Waals surface area contributed by atoms with Gasteiger partial charge in [-0.3, -0.25) is 9.78 Å². The SMILES string of the molecule is CC(=O)N1CCN(S(=O)(=O)c2cccnc2)[C@H]2CS(=O)(=O)C[C@H]21. The molecule has 3 rings (SSSR count). The van der Waals surface area contributed by atoms with Crippen molar-refractivity contribution in [3.63, 3.8) is 0 Å². The number of fused-ring (bicyclic) bond motifs is 1. The number of sulfonamides is 1. The average Bonchev–Trinajstić information content (AvgIpc) is 2.81. The number of carbonyl (C=O) groups excluding carboxylic acids is 1. The van der Waals surface area contributed by atoms with Gasteiger partial charge in [0.2, 0.25) is 15.9 Å². The van der Waals surface area contributed by atoms with Crippen LogP contribution < -0.4 is 0 Å². The molecule has 0 bridgehead atoms. The van der Waals surface area contributed by atoms with Crippen LogP contribution in [0.25, 0.3) is 0 Å². The van der Waals surface area contributed by atoms with Crippen LogP contribution in [0.15, 0.2) is 29.4 Å². The Bertz CT molecular complexity index is 822. The van der Waals surface area contributed by atoms with Crippen LogP contribution in [0.3, 0.4) is 0 Å². The number of hydrogen-bond acceptors (Lipinski definition) is 6. The van der Waals surface area contributed by atoms with Gasteiger partial charge in [0.05, 0.1) is 23.6 Å². The van der Waals surface area contributed by atoms with E-state index in [4.69, 9.17) is 0 Å². The summed E-state index contributed by atoms with van der Waals surface area (Å²) in [5.74, 6) is -0.701. The summed E-state index contributed by atoms with van der Waals surface area (Å²) in [6.07, 6.45) is 2.71. The van der Waals surface area contributed by atoms with E-state index >= 15 is 0 Å². The molecule has 0 N–H and O–H groups in total. The Kier molecular flexibility index (Phi) is 3.93. The Morgan fingerprint density at radius 1 is 1.26 bits per heavy atom. The lowest BCUT2D eigenvalue weighted by atomic mass is 10.1. The van der Waals surface area contributed by atoms with E-state index in [1.165, 1.54) is 40.7 Å². The van der Waals surface area contributed by atoms with Gasteiger partial charge >= 0.3 is 0 Å². The molecule has 2 atom stereocenters. The Hall–Kier alpha value is -1.52. The highest BCUT2D eigenvalue weighted by molar-refractivity contribution is 7.92. The number of nitrogens with zero attached hydrogens (tertiary/aromatic N) is 3. The van der Waals surface area contributed by atoms with Crippen LogP contribution in [-0.2, 0) is 24.7 Å². The summed E-state index contributed by atoms with van der Waals surface area (Å²) < 4.78 is 50.8. The van der Waals surface area contributed by atoms with Crippen molar-refractivity contribution < 1.29 is 21.6 Å². The molecule has 8 nitrogen and oxygen atoms in total. The smallest absolute Gasteiger partial charge is 0.245 e. The molecule has 1 aromatic heterocycles. The van der Waals surface area contributed by atoms with Gasteiger partial charge in [0.25, 0.3) is 0 Å². The molecule has 1 amide bonds. The van der Waals surface area contributed by atoms with Crippen molar-refractivity contribution in [3.8, 4) is 0 Å². The molecule has 2 aliphatic rings. The van der Waals surface area contributed by atoms with Crippen LogP contribution in [0.1, 0.15) is 6.92 Å². The van der Waals surface area contributed by atoms with Crippen molar-refractivity contribution in [1.82, 2.24) is 14.2 Å². The van der Waals surface area contributed by atoms with E-state index in [0.29, 0.717) is 0 Å². The standard InChI is InChI=1S/C13H17N3O5S2/c1-10(17)15-5-6-16(13-9-22(18,19)8-12(13)15)23(20,21)11-3-2-4-14-7-11/h2-4,7,12-13H,5-6,8-9H2,1H3/t12-,13+/m1/s1. The molecule has 126 valence electrons. The molecule has 0 saturated carbocycles. The molecule has 0 radical (unpaired) electrons. The van der Waals surface area contributed by atoms with Crippen LogP contribution in [0.4, 0.5) is 0 Å². The Morgan fingerprint density at radius 2 is 1.96 bits per heavy atom. The van der Waals surface area contributed by atoms with E-state index < -0.39 is 31.9 Å². The molecule has 1 aromatic rings. The van der Waals surface area contributed by atoms with Crippen molar-refractivity contribution in [3.05, 3.63) is 24.5 Å². The van der Waals surface area contributed by atoms with Gasteiger partial charge < -0.3 is 4.90 Å². The highest BCUT2D eigenvalue weighted by Gasteiger charge is 2.51. The van der Waals surface area contributed by atoms with Crippen LogP contribution in [-0.4, -0.2) is 73.6 Å². The molecule has 10 heteroatoms. The van der Waals surface area contributed by atoms with Crippen molar-refractivity contribution >= 4 is 25.8 Å². The number of aromatic nitrogens is 1. The number of rotatable bonds is 2. The number of sulfone groups is 1. The highest BCUT2D eigenvalue weighted by atomic mass is 32.2. The topological polar surface area (TPSA) is 105 Å². The van der Waals surface area contributed by atoms with Gasteiger partial charge in [-0.1, -0.05) is 0 Å². The lowest BCUT2D eigenvalue weighted by Crippen LogP contribution is -2.61. The molecule has 0 aliphatic carbocycles. The maximum absolute atomic E-state index is 12.8. The first-order chi connectivity index (χ1) is 10.7. The fourth-order valence-electron chi connectivity index (χ4n) is 3.25. The van der Waals surface area contributed by atoms with Gasteiger partial charge in [0.15, 0.2) is 9.84 Å². The number of hydrogen-bond donors (Lipinski definition) is 0. The lowest BCUT2D eigenvalue weighted by molar-refractivity contribution is -0.133. The highest BCUT2D eigenvalue weighted by Crippen LogP contribution is 2.31. The van der Waals surface area contributed by atoms with E-state index in [0.717, 1.165) is 0 Å². The minimum absolute atomic E-state index is 0.0272. The maximum Gasteiger partial charge on any atom is 0.245 e. The fraction of sp³-hybridized carbons (Fsp3) is 0.538. The second-order valence-corrected chi connectivity index (χ2v) is 9.77. The van der Waals surface area contributed by atoms with Gasteiger partial charge in [0.1, 0.15) is 4.90 Å². The summed E-state index contributed by atoms with van der Waals surface area (Å²) in [5.41, 5.74) is 0. The molecule has 0 unspecified atom stereocenters. The van der Waals surface area contributed by atoms with Crippen molar-refractivity contribution in [1.29, 1.82) is 0 Å². The van der Waals surface area contributed by atoms with Gasteiger partial charge in [0, 0.05) is 32.4 Å². The first-order valence-corrected chi connectivity index (χ1v) is 10.4. The summed E-state index contributed by atoms with van der Waals surface area (Å²) in [6.45, 7) is 1.63. The van der Waals surface area contributed by atoms with E-state index in [2.05, 4.69) is 4.98 Å². The zero-order chi connectivity index (χ0) is 16.8. The maximum atomic E-state index is 12.8. The zero-order valence-corrected chi connectivity index (χ0v) is 14.1. The largest absolute Gasteiger partial charge is 0.336 e. The molecule has 3 heterocycles. The predicted molar refractivity (Wildman–Crippen MR) is 81.7 cm³/mol. The quantitative estimate of drug-likeness (QED) is 0.678. The third-order valence-electron chi connectivity index (χ3n) is 4.27. The summed E-state index contributed by atoms with van der Waals surface area (Å²) in [7, 11) is -7.23. The second-order valence-electron chi connectivity index (χ2n) is 5.73. The number of amides is 1. The van der Waals surface area contributed by atoms with Crippen LogP contribution in [0, 0.1) is 0 Å².